The molecule has 2 unspecified atom stereocenters. The second kappa shape index (κ2) is 6.34. The lowest BCUT2D eigenvalue weighted by molar-refractivity contribution is 0.299. The molecule has 96 valence electrons. The first-order chi connectivity index (χ1) is 7.95. The maximum Gasteiger partial charge on any atom is 0.141 e. The molecule has 0 bridgehead atoms. The van der Waals surface area contributed by atoms with E-state index in [0.717, 1.165) is 12.0 Å². The highest BCUT2D eigenvalue weighted by atomic mass is 35.5. The number of hydrogen-bond acceptors (Lipinski definition) is 2. The molecule has 0 radical (unpaired) electrons. The molecule has 2 nitrogen and oxygen atoms in total. The van der Waals surface area contributed by atoms with Crippen LogP contribution in [0.15, 0.2) is 18.2 Å². The van der Waals surface area contributed by atoms with Crippen LogP contribution in [0.4, 0.5) is 4.39 Å². The Kier molecular flexibility index (Phi) is 5.37. The van der Waals surface area contributed by atoms with Crippen molar-refractivity contribution in [1.29, 1.82) is 0 Å². The third-order valence-electron chi connectivity index (χ3n) is 3.34. The maximum absolute atomic E-state index is 13.0. The number of hydrogen-bond donors (Lipinski definition) is 2. The molecule has 0 aromatic heterocycles. The number of nitrogens with two attached hydrogens (primary N) is 1. The molecule has 0 fully saturated rings. The Bertz CT molecular complexity index is 368. The molecule has 0 saturated carbocycles. The maximum atomic E-state index is 13.0. The first kappa shape index (κ1) is 14.4. The summed E-state index contributed by atoms with van der Waals surface area (Å²) in [4.78, 5) is 0. The van der Waals surface area contributed by atoms with Gasteiger partial charge in [-0.05, 0) is 36.0 Å². The van der Waals surface area contributed by atoms with Crippen LogP contribution in [0.5, 0.6) is 0 Å². The fourth-order valence-electron chi connectivity index (χ4n) is 1.78. The van der Waals surface area contributed by atoms with E-state index in [1.807, 2.05) is 0 Å². The van der Waals surface area contributed by atoms with Gasteiger partial charge in [-0.25, -0.2) is 4.39 Å². The minimum atomic E-state index is -0.385. The highest BCUT2D eigenvalue weighted by molar-refractivity contribution is 6.30. The Hall–Kier alpha value is -0.640. The quantitative estimate of drug-likeness (QED) is 0.629. The molecule has 17 heavy (non-hydrogen) atoms. The summed E-state index contributed by atoms with van der Waals surface area (Å²) in [6, 6.07) is 4.97. The molecule has 2 atom stereocenters. The SMILES string of the molecule is CC(C)C(C)C(Cc1ccc(F)c(Cl)c1)NN. The first-order valence-corrected chi connectivity index (χ1v) is 6.23. The van der Waals surface area contributed by atoms with Crippen molar-refractivity contribution in [2.24, 2.45) is 17.7 Å². The average molecular weight is 259 g/mol. The lowest BCUT2D eigenvalue weighted by Crippen LogP contribution is -2.43. The fraction of sp³-hybridized carbons (Fsp3) is 0.538. The van der Waals surface area contributed by atoms with E-state index in [-0.39, 0.29) is 16.9 Å². The molecule has 0 heterocycles. The summed E-state index contributed by atoms with van der Waals surface area (Å²) in [5, 5.41) is 0.162. The van der Waals surface area contributed by atoms with Gasteiger partial charge in [0.1, 0.15) is 5.82 Å². The van der Waals surface area contributed by atoms with Crippen LogP contribution in [-0.2, 0) is 6.42 Å². The summed E-state index contributed by atoms with van der Waals surface area (Å²) >= 11 is 5.76. The average Bonchev–Trinajstić information content (AvgIpc) is 2.29. The molecule has 1 aromatic rings. The highest BCUT2D eigenvalue weighted by Crippen LogP contribution is 2.21. The standard InChI is InChI=1S/C13H20ClFN2/c1-8(2)9(3)13(17-16)7-10-4-5-12(15)11(14)6-10/h4-6,8-9,13,17H,7,16H2,1-3H3. The smallest absolute Gasteiger partial charge is 0.141 e. The second-order valence-electron chi connectivity index (χ2n) is 4.83. The highest BCUT2D eigenvalue weighted by Gasteiger charge is 2.19. The zero-order chi connectivity index (χ0) is 13.0. The van der Waals surface area contributed by atoms with Gasteiger partial charge in [-0.3, -0.25) is 11.3 Å². The molecule has 0 aliphatic rings. The van der Waals surface area contributed by atoms with Crippen LogP contribution in [-0.4, -0.2) is 6.04 Å². The van der Waals surface area contributed by atoms with Gasteiger partial charge in [0.2, 0.25) is 0 Å². The van der Waals surface area contributed by atoms with E-state index < -0.39 is 0 Å². The van der Waals surface area contributed by atoms with E-state index in [9.17, 15) is 4.39 Å². The normalized spacial score (nSPS) is 15.0. The van der Waals surface area contributed by atoms with Crippen molar-refractivity contribution >= 4 is 11.6 Å². The van der Waals surface area contributed by atoms with Crippen molar-refractivity contribution in [3.8, 4) is 0 Å². The van der Waals surface area contributed by atoms with Crippen molar-refractivity contribution in [1.82, 2.24) is 5.43 Å². The Balaban J connectivity index is 2.77. The predicted molar refractivity (Wildman–Crippen MR) is 70.2 cm³/mol. The van der Waals surface area contributed by atoms with E-state index in [1.54, 1.807) is 12.1 Å². The Morgan fingerprint density at radius 2 is 2.00 bits per heavy atom. The minimum absolute atomic E-state index is 0.162. The third-order valence-corrected chi connectivity index (χ3v) is 3.63. The van der Waals surface area contributed by atoms with Crippen LogP contribution in [0.2, 0.25) is 5.02 Å². The molecule has 0 saturated heterocycles. The molecule has 1 aromatic carbocycles. The molecule has 0 aliphatic heterocycles. The van der Waals surface area contributed by atoms with Crippen molar-refractivity contribution < 1.29 is 4.39 Å². The second-order valence-corrected chi connectivity index (χ2v) is 5.24. The van der Waals surface area contributed by atoms with E-state index >= 15 is 0 Å². The monoisotopic (exact) mass is 258 g/mol. The summed E-state index contributed by atoms with van der Waals surface area (Å²) in [6.45, 7) is 6.47. The summed E-state index contributed by atoms with van der Waals surface area (Å²) in [7, 11) is 0. The van der Waals surface area contributed by atoms with Gasteiger partial charge in [0.15, 0.2) is 0 Å². The van der Waals surface area contributed by atoms with Gasteiger partial charge in [0, 0.05) is 6.04 Å². The Morgan fingerprint density at radius 3 is 2.47 bits per heavy atom. The number of nitrogens with one attached hydrogen (secondary N) is 1. The van der Waals surface area contributed by atoms with Crippen LogP contribution >= 0.6 is 11.6 Å². The van der Waals surface area contributed by atoms with Gasteiger partial charge < -0.3 is 0 Å². The van der Waals surface area contributed by atoms with E-state index in [0.29, 0.717) is 11.8 Å². The van der Waals surface area contributed by atoms with Crippen molar-refractivity contribution in [2.45, 2.75) is 33.2 Å². The number of halogens is 2. The molecular weight excluding hydrogens is 239 g/mol. The molecule has 0 amide bonds. The first-order valence-electron chi connectivity index (χ1n) is 5.85. The lowest BCUT2D eigenvalue weighted by Gasteiger charge is -2.26. The molecule has 1 rings (SSSR count). The van der Waals surface area contributed by atoms with Crippen LogP contribution in [0, 0.1) is 17.7 Å². The number of benzene rings is 1. The van der Waals surface area contributed by atoms with E-state index in [2.05, 4.69) is 26.2 Å². The van der Waals surface area contributed by atoms with E-state index in [1.165, 1.54) is 6.07 Å². The minimum Gasteiger partial charge on any atom is -0.271 e. The summed E-state index contributed by atoms with van der Waals surface area (Å²) in [5.74, 6) is 6.15. The van der Waals surface area contributed by atoms with Gasteiger partial charge >= 0.3 is 0 Å². The number of hydrazine groups is 1. The van der Waals surface area contributed by atoms with Crippen LogP contribution in [0.25, 0.3) is 0 Å². The predicted octanol–water partition coefficient (Wildman–Crippen LogP) is 3.15. The van der Waals surface area contributed by atoms with Crippen LogP contribution < -0.4 is 11.3 Å². The molecular formula is C13H20ClFN2. The van der Waals surface area contributed by atoms with Gasteiger partial charge in [-0.1, -0.05) is 38.4 Å². The molecule has 3 N–H and O–H groups in total. The van der Waals surface area contributed by atoms with Crippen molar-refractivity contribution in [3.05, 3.63) is 34.6 Å². The summed E-state index contributed by atoms with van der Waals surface area (Å²) in [5.41, 5.74) is 3.82. The Morgan fingerprint density at radius 1 is 1.35 bits per heavy atom. The van der Waals surface area contributed by atoms with Crippen molar-refractivity contribution in [2.75, 3.05) is 0 Å². The van der Waals surface area contributed by atoms with E-state index in [4.69, 9.17) is 17.4 Å². The van der Waals surface area contributed by atoms with Crippen LogP contribution in [0.1, 0.15) is 26.3 Å². The molecule has 0 aliphatic carbocycles. The summed E-state index contributed by atoms with van der Waals surface area (Å²) in [6.07, 6.45) is 0.746. The topological polar surface area (TPSA) is 38.0 Å². The van der Waals surface area contributed by atoms with Gasteiger partial charge in [-0.15, -0.1) is 0 Å². The third kappa shape index (κ3) is 3.95. The molecule has 0 spiro atoms. The van der Waals surface area contributed by atoms with Gasteiger partial charge in [-0.2, -0.15) is 0 Å². The zero-order valence-corrected chi connectivity index (χ0v) is 11.3. The fourth-order valence-corrected chi connectivity index (χ4v) is 1.98. The van der Waals surface area contributed by atoms with Crippen molar-refractivity contribution in [3.63, 3.8) is 0 Å². The largest absolute Gasteiger partial charge is 0.271 e. The summed E-state index contributed by atoms with van der Waals surface area (Å²) < 4.78 is 13.0. The van der Waals surface area contributed by atoms with Crippen LogP contribution in [0.3, 0.4) is 0 Å². The number of rotatable bonds is 5. The zero-order valence-electron chi connectivity index (χ0n) is 10.5. The molecule has 4 heteroatoms. The lowest BCUT2D eigenvalue weighted by atomic mass is 9.87. The van der Waals surface area contributed by atoms with Gasteiger partial charge in [0.25, 0.3) is 0 Å². The van der Waals surface area contributed by atoms with Gasteiger partial charge in [0.05, 0.1) is 5.02 Å². The Labute approximate surface area is 107 Å².